The van der Waals surface area contributed by atoms with Crippen LogP contribution < -0.4 is 10.9 Å². The van der Waals surface area contributed by atoms with Gasteiger partial charge in [0.25, 0.3) is 17.5 Å². The summed E-state index contributed by atoms with van der Waals surface area (Å²) in [6.07, 6.45) is 1.57. The molecule has 0 aromatic heterocycles. The molecule has 2 N–H and O–H groups in total. The highest BCUT2D eigenvalue weighted by molar-refractivity contribution is 7.83. The first-order valence-corrected chi connectivity index (χ1v) is 8.83. The fourth-order valence-corrected chi connectivity index (χ4v) is 2.68. The van der Waals surface area contributed by atoms with Crippen LogP contribution in [0.5, 0.6) is 0 Å². The molecule has 0 aliphatic carbocycles. The molecule has 0 fully saturated rings. The maximum atomic E-state index is 12.1. The highest BCUT2D eigenvalue weighted by atomic mass is 32.2. The van der Waals surface area contributed by atoms with Crippen molar-refractivity contribution in [3.63, 3.8) is 0 Å². The van der Waals surface area contributed by atoms with E-state index in [1.165, 1.54) is 24.3 Å². The minimum Gasteiger partial charge on any atom is -0.267 e. The monoisotopic (exact) mass is 361 g/mol. The van der Waals surface area contributed by atoms with E-state index in [-0.39, 0.29) is 11.3 Å². The molecule has 9 heteroatoms. The van der Waals surface area contributed by atoms with Crippen molar-refractivity contribution in [3.05, 3.63) is 75.3 Å². The number of carbonyl (C=O) groups is 2. The third-order valence-electron chi connectivity index (χ3n) is 3.19. The van der Waals surface area contributed by atoms with Crippen molar-refractivity contribution >= 4 is 28.3 Å². The number of nitrogens with zero attached hydrogens (tertiary/aromatic N) is 1. The standard InChI is InChI=1S/C16H15N3O5S/c1-25(24)10-11-3-2-4-13(9-11)16(21)18-17-15(20)12-5-7-14(8-6-12)19(22)23/h2-9H,10H2,1H3,(H,17,20)(H,18,21). The van der Waals surface area contributed by atoms with E-state index in [0.717, 1.165) is 5.56 Å². The summed E-state index contributed by atoms with van der Waals surface area (Å²) in [5, 5.41) is 10.6. The predicted molar refractivity (Wildman–Crippen MR) is 92.2 cm³/mol. The molecule has 0 spiro atoms. The van der Waals surface area contributed by atoms with Gasteiger partial charge in [-0.15, -0.1) is 0 Å². The molecule has 130 valence electrons. The van der Waals surface area contributed by atoms with E-state index in [0.29, 0.717) is 11.3 Å². The van der Waals surface area contributed by atoms with Gasteiger partial charge in [0.05, 0.1) is 4.92 Å². The number of hydrogen-bond donors (Lipinski definition) is 2. The van der Waals surface area contributed by atoms with Crippen LogP contribution in [0.2, 0.25) is 0 Å². The van der Waals surface area contributed by atoms with Gasteiger partial charge in [-0.3, -0.25) is 34.8 Å². The summed E-state index contributed by atoms with van der Waals surface area (Å²) in [4.78, 5) is 34.0. The van der Waals surface area contributed by atoms with Gasteiger partial charge in [0, 0.05) is 46.1 Å². The molecule has 2 amide bonds. The van der Waals surface area contributed by atoms with Crippen LogP contribution in [-0.4, -0.2) is 27.2 Å². The lowest BCUT2D eigenvalue weighted by atomic mass is 10.1. The summed E-state index contributed by atoms with van der Waals surface area (Å²) in [5.41, 5.74) is 5.60. The fourth-order valence-electron chi connectivity index (χ4n) is 2.03. The highest BCUT2D eigenvalue weighted by Gasteiger charge is 2.11. The molecular formula is C16H15N3O5S. The predicted octanol–water partition coefficient (Wildman–Crippen LogP) is 1.55. The lowest BCUT2D eigenvalue weighted by Gasteiger charge is -2.08. The van der Waals surface area contributed by atoms with Gasteiger partial charge >= 0.3 is 0 Å². The van der Waals surface area contributed by atoms with Crippen LogP contribution in [0.25, 0.3) is 0 Å². The lowest BCUT2D eigenvalue weighted by molar-refractivity contribution is -0.384. The van der Waals surface area contributed by atoms with Crippen molar-refractivity contribution in [1.29, 1.82) is 0 Å². The molecule has 0 aliphatic rings. The smallest absolute Gasteiger partial charge is 0.267 e. The minimum atomic E-state index is -1.03. The average Bonchev–Trinajstić information content (AvgIpc) is 2.59. The third-order valence-corrected chi connectivity index (χ3v) is 3.93. The molecule has 0 radical (unpaired) electrons. The van der Waals surface area contributed by atoms with Crippen LogP contribution in [0.1, 0.15) is 26.3 Å². The number of nitro groups is 1. The van der Waals surface area contributed by atoms with E-state index in [9.17, 15) is 23.9 Å². The summed E-state index contributed by atoms with van der Waals surface area (Å²) < 4.78 is 11.2. The van der Waals surface area contributed by atoms with E-state index in [2.05, 4.69) is 10.9 Å². The molecule has 0 saturated heterocycles. The van der Waals surface area contributed by atoms with Gasteiger partial charge in [-0.25, -0.2) is 0 Å². The maximum absolute atomic E-state index is 12.1. The molecule has 25 heavy (non-hydrogen) atoms. The molecular weight excluding hydrogens is 346 g/mol. The van der Waals surface area contributed by atoms with Gasteiger partial charge in [0.15, 0.2) is 0 Å². The topological polar surface area (TPSA) is 118 Å². The van der Waals surface area contributed by atoms with E-state index in [1.54, 1.807) is 30.5 Å². The van der Waals surface area contributed by atoms with Crippen LogP contribution in [0.15, 0.2) is 48.5 Å². The normalized spacial score (nSPS) is 11.4. The second-order valence-electron chi connectivity index (χ2n) is 5.13. The summed E-state index contributed by atoms with van der Waals surface area (Å²) >= 11 is 0. The number of benzene rings is 2. The number of nitrogens with one attached hydrogen (secondary N) is 2. The van der Waals surface area contributed by atoms with Gasteiger partial charge in [0.2, 0.25) is 0 Å². The number of nitro benzene ring substituents is 1. The summed E-state index contributed by atoms with van der Waals surface area (Å²) in [6, 6.07) is 11.6. The zero-order valence-corrected chi connectivity index (χ0v) is 14.0. The Morgan fingerprint density at radius 3 is 2.20 bits per heavy atom. The quantitative estimate of drug-likeness (QED) is 0.619. The first-order valence-electron chi connectivity index (χ1n) is 7.11. The molecule has 2 aromatic rings. The van der Waals surface area contributed by atoms with E-state index in [4.69, 9.17) is 0 Å². The van der Waals surface area contributed by atoms with Crippen LogP contribution >= 0.6 is 0 Å². The average molecular weight is 361 g/mol. The van der Waals surface area contributed by atoms with Crippen molar-refractivity contribution < 1.29 is 18.7 Å². The first-order chi connectivity index (χ1) is 11.9. The largest absolute Gasteiger partial charge is 0.269 e. The molecule has 2 aromatic carbocycles. The van der Waals surface area contributed by atoms with Crippen molar-refractivity contribution in [1.82, 2.24) is 10.9 Å². The Balaban J connectivity index is 1.98. The second-order valence-corrected chi connectivity index (χ2v) is 6.57. The van der Waals surface area contributed by atoms with Gasteiger partial charge in [-0.2, -0.15) is 0 Å². The molecule has 8 nitrogen and oxygen atoms in total. The molecule has 0 heterocycles. The molecule has 1 unspecified atom stereocenters. The first kappa shape index (κ1) is 18.3. The van der Waals surface area contributed by atoms with Crippen LogP contribution in [0.3, 0.4) is 0 Å². The number of non-ortho nitro benzene ring substituents is 1. The molecule has 0 bridgehead atoms. The summed E-state index contributed by atoms with van der Waals surface area (Å²) in [7, 11) is -1.03. The maximum Gasteiger partial charge on any atom is 0.269 e. The Bertz CT molecular complexity index is 836. The Morgan fingerprint density at radius 1 is 1.04 bits per heavy atom. The Labute approximate surface area is 145 Å². The number of amides is 2. The van der Waals surface area contributed by atoms with E-state index in [1.807, 2.05) is 0 Å². The van der Waals surface area contributed by atoms with Crippen molar-refractivity contribution in [2.45, 2.75) is 5.75 Å². The van der Waals surface area contributed by atoms with Crippen LogP contribution in [0.4, 0.5) is 5.69 Å². The number of rotatable bonds is 5. The SMILES string of the molecule is CS(=O)Cc1cccc(C(=O)NNC(=O)c2ccc([N+](=O)[O-])cc2)c1. The number of hydrazine groups is 1. The summed E-state index contributed by atoms with van der Waals surface area (Å²) in [6.45, 7) is 0. The van der Waals surface area contributed by atoms with Gasteiger partial charge < -0.3 is 0 Å². The molecule has 1 atom stereocenters. The zero-order valence-electron chi connectivity index (χ0n) is 13.2. The number of carbonyl (C=O) groups excluding carboxylic acids is 2. The zero-order chi connectivity index (χ0) is 18.4. The summed E-state index contributed by atoms with van der Waals surface area (Å²) in [5.74, 6) is -0.802. The van der Waals surface area contributed by atoms with Gasteiger partial charge in [-0.1, -0.05) is 12.1 Å². The second kappa shape index (κ2) is 8.15. The fraction of sp³-hybridized carbons (Fsp3) is 0.125. The van der Waals surface area contributed by atoms with Crippen LogP contribution in [0, 0.1) is 10.1 Å². The third kappa shape index (κ3) is 5.21. The van der Waals surface area contributed by atoms with Crippen molar-refractivity contribution in [2.75, 3.05) is 6.26 Å². The lowest BCUT2D eigenvalue weighted by Crippen LogP contribution is -2.41. The Hall–Kier alpha value is -3.07. The van der Waals surface area contributed by atoms with E-state index < -0.39 is 27.5 Å². The van der Waals surface area contributed by atoms with Crippen molar-refractivity contribution in [3.8, 4) is 0 Å². The Kier molecular flexibility index (Phi) is 5.96. The number of hydrogen-bond acceptors (Lipinski definition) is 5. The van der Waals surface area contributed by atoms with Gasteiger partial charge in [0.1, 0.15) is 0 Å². The minimum absolute atomic E-state index is 0.134. The molecule has 0 saturated carbocycles. The van der Waals surface area contributed by atoms with Gasteiger partial charge in [-0.05, 0) is 29.8 Å². The van der Waals surface area contributed by atoms with Crippen molar-refractivity contribution in [2.24, 2.45) is 0 Å². The van der Waals surface area contributed by atoms with Crippen LogP contribution in [-0.2, 0) is 16.6 Å². The van der Waals surface area contributed by atoms with E-state index >= 15 is 0 Å². The highest BCUT2D eigenvalue weighted by Crippen LogP contribution is 2.11. The molecule has 2 rings (SSSR count). The Morgan fingerprint density at radius 2 is 1.64 bits per heavy atom. The molecule has 0 aliphatic heterocycles.